The quantitative estimate of drug-likeness (QED) is 0.433. The first-order chi connectivity index (χ1) is 4.40. The van der Waals surface area contributed by atoms with Crippen molar-refractivity contribution in [3.8, 4) is 0 Å². The van der Waals surface area contributed by atoms with Crippen LogP contribution >= 0.6 is 0 Å². The first-order valence-electron chi connectivity index (χ1n) is 4.05. The lowest BCUT2D eigenvalue weighted by molar-refractivity contribution is 0.171. The van der Waals surface area contributed by atoms with Crippen molar-refractivity contribution in [1.29, 1.82) is 0 Å². The lowest BCUT2D eigenvalue weighted by atomic mass is 9.63. The smallest absolute Gasteiger partial charge is 0.0198 e. The minimum atomic E-state index is 1.02. The van der Waals surface area contributed by atoms with Gasteiger partial charge < -0.3 is 0 Å². The van der Waals surface area contributed by atoms with E-state index in [9.17, 15) is 0 Å². The van der Waals surface area contributed by atoms with E-state index in [-0.39, 0.29) is 0 Å². The van der Waals surface area contributed by atoms with Gasteiger partial charge in [-0.05, 0) is 44.4 Å². The molecular weight excluding hydrogens is 108 g/mol. The lowest BCUT2D eigenvalue weighted by Gasteiger charge is -2.43. The molecule has 0 aliphatic heterocycles. The summed E-state index contributed by atoms with van der Waals surface area (Å²) < 4.78 is 0. The Morgan fingerprint density at radius 3 is 2.56 bits per heavy atom. The summed E-state index contributed by atoms with van der Waals surface area (Å²) in [5.41, 5.74) is 1.75. The molecule has 0 heteroatoms. The zero-order valence-electron chi connectivity index (χ0n) is 6.06. The van der Waals surface area contributed by atoms with Crippen LogP contribution in [0.4, 0.5) is 0 Å². The molecule has 0 amide bonds. The van der Waals surface area contributed by atoms with Gasteiger partial charge in [-0.15, -0.1) is 0 Å². The standard InChI is InChI=1S/C9H14/c1-2-8-4-3-7-5-9(8)6-7/h2,7,9H,3-6H2,1H3/b8-2+. The van der Waals surface area contributed by atoms with Crippen LogP contribution in [-0.4, -0.2) is 0 Å². The summed E-state index contributed by atoms with van der Waals surface area (Å²) in [5, 5.41) is 0. The first kappa shape index (κ1) is 5.52. The summed E-state index contributed by atoms with van der Waals surface area (Å²) in [6.45, 7) is 2.19. The second-order valence-electron chi connectivity index (χ2n) is 3.44. The Kier molecular flexibility index (Phi) is 1.14. The van der Waals surface area contributed by atoms with Gasteiger partial charge in [0.25, 0.3) is 0 Å². The first-order valence-corrected chi connectivity index (χ1v) is 4.05. The Balaban J connectivity index is 2.10. The molecule has 0 aromatic heterocycles. The predicted molar refractivity (Wildman–Crippen MR) is 39.2 cm³/mol. The van der Waals surface area contributed by atoms with E-state index in [1.54, 1.807) is 5.57 Å². The van der Waals surface area contributed by atoms with E-state index >= 15 is 0 Å². The average Bonchev–Trinajstić information content (AvgIpc) is 1.86. The summed E-state index contributed by atoms with van der Waals surface area (Å²) in [6, 6.07) is 0. The van der Waals surface area contributed by atoms with E-state index in [0.29, 0.717) is 0 Å². The van der Waals surface area contributed by atoms with Crippen molar-refractivity contribution in [2.24, 2.45) is 11.8 Å². The molecule has 0 saturated heterocycles. The second kappa shape index (κ2) is 1.86. The minimum Gasteiger partial charge on any atom is -0.0882 e. The highest BCUT2D eigenvalue weighted by atomic mass is 14.4. The summed E-state index contributed by atoms with van der Waals surface area (Å²) in [7, 11) is 0. The van der Waals surface area contributed by atoms with E-state index in [2.05, 4.69) is 13.0 Å². The largest absolute Gasteiger partial charge is 0.0882 e. The SMILES string of the molecule is C/C=C1\CCC2CC1C2. The molecule has 0 radical (unpaired) electrons. The molecule has 3 rings (SSSR count). The van der Waals surface area contributed by atoms with Gasteiger partial charge in [0.2, 0.25) is 0 Å². The van der Waals surface area contributed by atoms with Gasteiger partial charge in [0.1, 0.15) is 0 Å². The van der Waals surface area contributed by atoms with Gasteiger partial charge >= 0.3 is 0 Å². The van der Waals surface area contributed by atoms with Crippen molar-refractivity contribution in [2.45, 2.75) is 32.6 Å². The molecule has 3 fully saturated rings. The Morgan fingerprint density at radius 2 is 2.22 bits per heavy atom. The molecule has 0 nitrogen and oxygen atoms in total. The summed E-state index contributed by atoms with van der Waals surface area (Å²) in [4.78, 5) is 0. The van der Waals surface area contributed by atoms with Crippen molar-refractivity contribution >= 4 is 0 Å². The van der Waals surface area contributed by atoms with Crippen LogP contribution in [0.25, 0.3) is 0 Å². The van der Waals surface area contributed by atoms with Crippen LogP contribution in [-0.2, 0) is 0 Å². The fourth-order valence-corrected chi connectivity index (χ4v) is 2.23. The highest BCUT2D eigenvalue weighted by Crippen LogP contribution is 2.48. The van der Waals surface area contributed by atoms with Gasteiger partial charge in [-0.25, -0.2) is 0 Å². The molecule has 3 aliphatic carbocycles. The highest BCUT2D eigenvalue weighted by molar-refractivity contribution is 5.14. The number of allylic oxidation sites excluding steroid dienone is 2. The Bertz CT molecular complexity index is 135. The molecule has 50 valence electrons. The van der Waals surface area contributed by atoms with Crippen LogP contribution < -0.4 is 0 Å². The van der Waals surface area contributed by atoms with E-state index in [1.807, 2.05) is 0 Å². The number of hydrogen-bond donors (Lipinski definition) is 0. The molecule has 0 N–H and O–H groups in total. The third-order valence-electron chi connectivity index (χ3n) is 2.97. The monoisotopic (exact) mass is 122 g/mol. The van der Waals surface area contributed by atoms with Gasteiger partial charge in [-0.1, -0.05) is 11.6 Å². The van der Waals surface area contributed by atoms with E-state index < -0.39 is 0 Å². The van der Waals surface area contributed by atoms with Crippen molar-refractivity contribution < 1.29 is 0 Å². The third-order valence-corrected chi connectivity index (χ3v) is 2.97. The van der Waals surface area contributed by atoms with Gasteiger partial charge in [-0.3, -0.25) is 0 Å². The van der Waals surface area contributed by atoms with Crippen LogP contribution in [0.3, 0.4) is 0 Å². The average molecular weight is 122 g/mol. The van der Waals surface area contributed by atoms with Crippen molar-refractivity contribution in [3.63, 3.8) is 0 Å². The Labute approximate surface area is 57.0 Å². The minimum absolute atomic E-state index is 1.02. The van der Waals surface area contributed by atoms with Crippen LogP contribution in [0, 0.1) is 11.8 Å². The van der Waals surface area contributed by atoms with Crippen LogP contribution in [0.1, 0.15) is 32.6 Å². The molecule has 0 heterocycles. The molecule has 0 unspecified atom stereocenters. The Morgan fingerprint density at radius 1 is 1.44 bits per heavy atom. The van der Waals surface area contributed by atoms with Gasteiger partial charge in [0.15, 0.2) is 0 Å². The van der Waals surface area contributed by atoms with Gasteiger partial charge in [-0.2, -0.15) is 0 Å². The maximum absolute atomic E-state index is 2.33. The number of rotatable bonds is 0. The number of hydrogen-bond acceptors (Lipinski definition) is 0. The van der Waals surface area contributed by atoms with E-state index in [1.165, 1.54) is 25.7 Å². The molecule has 2 bridgehead atoms. The lowest BCUT2D eigenvalue weighted by Crippen LogP contribution is -2.30. The fourth-order valence-electron chi connectivity index (χ4n) is 2.23. The van der Waals surface area contributed by atoms with Crippen LogP contribution in [0.2, 0.25) is 0 Å². The molecule has 0 aromatic carbocycles. The van der Waals surface area contributed by atoms with E-state index in [0.717, 1.165) is 11.8 Å². The fraction of sp³-hybridized carbons (Fsp3) is 0.778. The highest BCUT2D eigenvalue weighted by Gasteiger charge is 2.35. The molecule has 0 atom stereocenters. The molecule has 3 aliphatic rings. The van der Waals surface area contributed by atoms with Crippen molar-refractivity contribution in [3.05, 3.63) is 11.6 Å². The zero-order chi connectivity index (χ0) is 6.27. The topological polar surface area (TPSA) is 0 Å². The third kappa shape index (κ3) is 0.726. The molecule has 0 aromatic rings. The zero-order valence-corrected chi connectivity index (χ0v) is 6.06. The van der Waals surface area contributed by atoms with Crippen LogP contribution in [0.15, 0.2) is 11.6 Å². The molecular formula is C9H14. The van der Waals surface area contributed by atoms with Gasteiger partial charge in [0, 0.05) is 0 Å². The molecule has 3 saturated carbocycles. The van der Waals surface area contributed by atoms with Crippen molar-refractivity contribution in [2.75, 3.05) is 0 Å². The van der Waals surface area contributed by atoms with Crippen molar-refractivity contribution in [1.82, 2.24) is 0 Å². The maximum atomic E-state index is 2.33. The summed E-state index contributed by atoms with van der Waals surface area (Å²) in [5.74, 6) is 2.15. The predicted octanol–water partition coefficient (Wildman–Crippen LogP) is 2.75. The Hall–Kier alpha value is -0.260. The summed E-state index contributed by atoms with van der Waals surface area (Å²) in [6.07, 6.45) is 8.25. The number of fused-ring (bicyclic) bond motifs is 2. The second-order valence-corrected chi connectivity index (χ2v) is 3.44. The van der Waals surface area contributed by atoms with Gasteiger partial charge in [0.05, 0.1) is 0 Å². The van der Waals surface area contributed by atoms with E-state index in [4.69, 9.17) is 0 Å². The molecule has 0 spiro atoms. The maximum Gasteiger partial charge on any atom is -0.0198 e. The molecule has 9 heavy (non-hydrogen) atoms. The normalized spacial score (nSPS) is 44.8. The summed E-state index contributed by atoms with van der Waals surface area (Å²) >= 11 is 0. The van der Waals surface area contributed by atoms with Crippen LogP contribution in [0.5, 0.6) is 0 Å².